The third-order valence-electron chi connectivity index (χ3n) is 5.25. The van der Waals surface area contributed by atoms with E-state index in [2.05, 4.69) is 10.6 Å². The predicted octanol–water partition coefficient (Wildman–Crippen LogP) is 5.17. The van der Waals surface area contributed by atoms with Crippen LogP contribution in [0.2, 0.25) is 0 Å². The van der Waals surface area contributed by atoms with Gasteiger partial charge in [-0.15, -0.1) is 0 Å². The van der Waals surface area contributed by atoms with Crippen molar-refractivity contribution in [2.24, 2.45) is 0 Å². The summed E-state index contributed by atoms with van der Waals surface area (Å²) in [6.45, 7) is 4.81. The Kier molecular flexibility index (Phi) is 7.56. The van der Waals surface area contributed by atoms with E-state index < -0.39 is 11.8 Å². The lowest BCUT2D eigenvalue weighted by atomic mass is 10.1. The molecule has 1 aliphatic rings. The molecule has 3 amide bonds. The lowest BCUT2D eigenvalue weighted by Crippen LogP contribution is -2.32. The number of rotatable bonds is 9. The fraction of sp³-hybridized carbons (Fsp3) is 0.148. The minimum absolute atomic E-state index is 0.0698. The van der Waals surface area contributed by atoms with Gasteiger partial charge < -0.3 is 20.1 Å². The summed E-state index contributed by atoms with van der Waals surface area (Å²) in [5.41, 5.74) is 1.68. The van der Waals surface area contributed by atoms with Crippen LogP contribution in [0.15, 0.2) is 83.5 Å². The van der Waals surface area contributed by atoms with Crippen molar-refractivity contribution in [2.75, 3.05) is 28.7 Å². The van der Waals surface area contributed by atoms with Crippen molar-refractivity contribution >= 4 is 46.4 Å². The summed E-state index contributed by atoms with van der Waals surface area (Å²) in [7, 11) is 0. The molecule has 0 saturated carbocycles. The fourth-order valence-corrected chi connectivity index (χ4v) is 3.80. The van der Waals surface area contributed by atoms with Crippen LogP contribution in [-0.2, 0) is 9.59 Å². The maximum atomic E-state index is 13.1. The van der Waals surface area contributed by atoms with Crippen LogP contribution in [-0.4, -0.2) is 30.9 Å². The lowest BCUT2D eigenvalue weighted by molar-refractivity contribution is -0.120. The molecule has 0 bridgehead atoms. The van der Waals surface area contributed by atoms with E-state index in [-0.39, 0.29) is 16.6 Å². The zero-order valence-electron chi connectivity index (χ0n) is 19.7. The standard InChI is InChI=1S/C27H24ClN3O5/c1-3-35-21-12-8-18(9-13-21)30-25(32)17-6-5-7-19(16-17)29-24-23(28)26(33)31(27(24)34)20-10-14-22(15-11-20)36-4-2/h5-16,29H,3-4H2,1-2H3,(H,30,32). The van der Waals surface area contributed by atoms with Crippen molar-refractivity contribution in [3.63, 3.8) is 0 Å². The summed E-state index contributed by atoms with van der Waals surface area (Å²) in [6, 6.07) is 20.1. The molecular weight excluding hydrogens is 482 g/mol. The Hall–Kier alpha value is -4.30. The summed E-state index contributed by atoms with van der Waals surface area (Å²) < 4.78 is 10.8. The molecule has 0 spiro atoms. The summed E-state index contributed by atoms with van der Waals surface area (Å²) in [6.07, 6.45) is 0. The topological polar surface area (TPSA) is 97.0 Å². The van der Waals surface area contributed by atoms with Gasteiger partial charge in [-0.05, 0) is 80.6 Å². The molecule has 184 valence electrons. The Bertz CT molecular complexity index is 1320. The molecule has 2 N–H and O–H groups in total. The highest BCUT2D eigenvalue weighted by Crippen LogP contribution is 2.31. The zero-order valence-corrected chi connectivity index (χ0v) is 20.5. The third kappa shape index (κ3) is 5.34. The number of anilines is 3. The van der Waals surface area contributed by atoms with E-state index in [1.54, 1.807) is 72.8 Å². The number of halogens is 1. The van der Waals surface area contributed by atoms with E-state index in [0.717, 1.165) is 4.90 Å². The van der Waals surface area contributed by atoms with Gasteiger partial charge in [0.1, 0.15) is 22.2 Å². The number of amides is 3. The zero-order chi connectivity index (χ0) is 25.7. The van der Waals surface area contributed by atoms with Gasteiger partial charge in [0.05, 0.1) is 18.9 Å². The second-order valence-corrected chi connectivity index (χ2v) is 8.06. The number of nitrogens with zero attached hydrogens (tertiary/aromatic N) is 1. The van der Waals surface area contributed by atoms with Crippen molar-refractivity contribution in [2.45, 2.75) is 13.8 Å². The smallest absolute Gasteiger partial charge is 0.283 e. The SMILES string of the molecule is CCOc1ccc(NC(=O)c2cccc(NC3=C(Cl)C(=O)N(c4ccc(OCC)cc4)C3=O)c2)cc1. The van der Waals surface area contributed by atoms with Crippen molar-refractivity contribution < 1.29 is 23.9 Å². The van der Waals surface area contributed by atoms with Crippen LogP contribution in [0.5, 0.6) is 11.5 Å². The predicted molar refractivity (Wildman–Crippen MR) is 139 cm³/mol. The van der Waals surface area contributed by atoms with Gasteiger partial charge in [0.15, 0.2) is 0 Å². The summed E-state index contributed by atoms with van der Waals surface area (Å²) >= 11 is 6.23. The Morgan fingerprint density at radius 3 is 2.06 bits per heavy atom. The molecule has 3 aromatic carbocycles. The van der Waals surface area contributed by atoms with Crippen LogP contribution in [0.1, 0.15) is 24.2 Å². The van der Waals surface area contributed by atoms with Gasteiger partial charge in [-0.1, -0.05) is 17.7 Å². The molecule has 1 aliphatic heterocycles. The Morgan fingerprint density at radius 1 is 0.833 bits per heavy atom. The third-order valence-corrected chi connectivity index (χ3v) is 5.60. The minimum Gasteiger partial charge on any atom is -0.494 e. The van der Waals surface area contributed by atoms with Gasteiger partial charge in [-0.2, -0.15) is 0 Å². The normalized spacial score (nSPS) is 13.1. The number of carbonyl (C=O) groups is 3. The van der Waals surface area contributed by atoms with E-state index >= 15 is 0 Å². The molecule has 0 aliphatic carbocycles. The average Bonchev–Trinajstić information content (AvgIpc) is 3.09. The maximum Gasteiger partial charge on any atom is 0.283 e. The number of hydrogen-bond donors (Lipinski definition) is 2. The highest BCUT2D eigenvalue weighted by atomic mass is 35.5. The number of nitrogens with one attached hydrogen (secondary N) is 2. The van der Waals surface area contributed by atoms with Crippen LogP contribution in [0.3, 0.4) is 0 Å². The molecule has 3 aromatic rings. The highest BCUT2D eigenvalue weighted by Gasteiger charge is 2.39. The van der Waals surface area contributed by atoms with Crippen LogP contribution in [0.4, 0.5) is 17.1 Å². The molecular formula is C27H24ClN3O5. The van der Waals surface area contributed by atoms with Gasteiger partial charge >= 0.3 is 0 Å². The molecule has 0 saturated heterocycles. The fourth-order valence-electron chi connectivity index (χ4n) is 3.59. The molecule has 8 nitrogen and oxygen atoms in total. The quantitative estimate of drug-likeness (QED) is 0.389. The van der Waals surface area contributed by atoms with E-state index in [9.17, 15) is 14.4 Å². The summed E-state index contributed by atoms with van der Waals surface area (Å²) in [5.74, 6) is -0.246. The number of hydrogen-bond acceptors (Lipinski definition) is 6. The molecule has 9 heteroatoms. The number of carbonyl (C=O) groups excluding carboxylic acids is 3. The van der Waals surface area contributed by atoms with Gasteiger partial charge in [0.25, 0.3) is 17.7 Å². The van der Waals surface area contributed by atoms with Gasteiger partial charge in [0, 0.05) is 16.9 Å². The number of benzene rings is 3. The van der Waals surface area contributed by atoms with Crippen LogP contribution in [0.25, 0.3) is 0 Å². The number of ether oxygens (including phenoxy) is 2. The second kappa shape index (κ2) is 11.0. The van der Waals surface area contributed by atoms with Crippen LogP contribution < -0.4 is 25.0 Å². The molecule has 0 unspecified atom stereocenters. The highest BCUT2D eigenvalue weighted by molar-refractivity contribution is 6.53. The van der Waals surface area contributed by atoms with E-state index in [1.807, 2.05) is 13.8 Å². The van der Waals surface area contributed by atoms with Crippen LogP contribution >= 0.6 is 11.6 Å². The molecule has 0 aromatic heterocycles. The van der Waals surface area contributed by atoms with Crippen molar-refractivity contribution in [1.29, 1.82) is 0 Å². The first-order chi connectivity index (χ1) is 17.4. The summed E-state index contributed by atoms with van der Waals surface area (Å²) in [4.78, 5) is 39.5. The monoisotopic (exact) mass is 505 g/mol. The second-order valence-electron chi connectivity index (χ2n) is 7.68. The Labute approximate surface area is 213 Å². The van der Waals surface area contributed by atoms with Gasteiger partial charge in [-0.25, -0.2) is 4.90 Å². The van der Waals surface area contributed by atoms with Gasteiger partial charge in [0.2, 0.25) is 0 Å². The van der Waals surface area contributed by atoms with E-state index in [0.29, 0.717) is 47.3 Å². The maximum absolute atomic E-state index is 13.1. The first-order valence-corrected chi connectivity index (χ1v) is 11.7. The number of imide groups is 1. The molecule has 1 heterocycles. The largest absolute Gasteiger partial charge is 0.494 e. The van der Waals surface area contributed by atoms with E-state index in [1.165, 1.54) is 0 Å². The molecule has 4 rings (SSSR count). The van der Waals surface area contributed by atoms with Gasteiger partial charge in [-0.3, -0.25) is 14.4 Å². The Morgan fingerprint density at radius 2 is 1.44 bits per heavy atom. The first kappa shape index (κ1) is 24.8. The molecule has 0 atom stereocenters. The lowest BCUT2D eigenvalue weighted by Gasteiger charge is -2.16. The molecule has 0 fully saturated rings. The summed E-state index contributed by atoms with van der Waals surface area (Å²) in [5, 5.41) is 5.47. The molecule has 0 radical (unpaired) electrons. The first-order valence-electron chi connectivity index (χ1n) is 11.3. The average molecular weight is 506 g/mol. The van der Waals surface area contributed by atoms with Crippen molar-refractivity contribution in [3.05, 3.63) is 89.1 Å². The minimum atomic E-state index is -0.641. The van der Waals surface area contributed by atoms with E-state index in [4.69, 9.17) is 21.1 Å². The van der Waals surface area contributed by atoms with Crippen molar-refractivity contribution in [3.8, 4) is 11.5 Å². The van der Waals surface area contributed by atoms with Crippen molar-refractivity contribution in [1.82, 2.24) is 0 Å². The molecule has 36 heavy (non-hydrogen) atoms. The van der Waals surface area contributed by atoms with Crippen LogP contribution in [0, 0.1) is 0 Å². The Balaban J connectivity index is 1.47.